The Morgan fingerprint density at radius 3 is 2.20 bits per heavy atom. The summed E-state index contributed by atoms with van der Waals surface area (Å²) in [6.45, 7) is 0.505. The van der Waals surface area contributed by atoms with Crippen LogP contribution in [0.1, 0.15) is 5.56 Å². The molecule has 3 aromatic rings. The van der Waals surface area contributed by atoms with Crippen molar-refractivity contribution in [2.45, 2.75) is 11.5 Å². The highest BCUT2D eigenvalue weighted by atomic mass is 32.2. The zero-order valence-corrected chi connectivity index (χ0v) is 14.7. The van der Waals surface area contributed by atoms with Crippen LogP contribution in [0, 0.1) is 0 Å². The molecule has 0 aliphatic heterocycles. The number of anilines is 1. The van der Waals surface area contributed by atoms with E-state index in [-0.39, 0.29) is 4.90 Å². The van der Waals surface area contributed by atoms with Gasteiger partial charge < -0.3 is 10.5 Å². The molecular formula is C20H19NO3S. The number of nitrogens with two attached hydrogens (primary N) is 1. The second-order valence-electron chi connectivity index (χ2n) is 5.82. The van der Waals surface area contributed by atoms with Gasteiger partial charge in [-0.15, -0.1) is 0 Å². The summed E-state index contributed by atoms with van der Waals surface area (Å²) >= 11 is 0. The molecule has 0 radical (unpaired) electrons. The predicted octanol–water partition coefficient (Wildman–Crippen LogP) is 3.92. The first-order valence-corrected chi connectivity index (χ1v) is 9.69. The Labute approximate surface area is 147 Å². The largest absolute Gasteiger partial charge is 0.489 e. The summed E-state index contributed by atoms with van der Waals surface area (Å²) < 4.78 is 29.0. The van der Waals surface area contributed by atoms with Crippen LogP contribution in [0.3, 0.4) is 0 Å². The molecule has 4 nitrogen and oxygen atoms in total. The predicted molar refractivity (Wildman–Crippen MR) is 100 cm³/mol. The van der Waals surface area contributed by atoms with E-state index in [2.05, 4.69) is 0 Å². The van der Waals surface area contributed by atoms with Crippen molar-refractivity contribution >= 4 is 15.5 Å². The zero-order chi connectivity index (χ0) is 17.9. The van der Waals surface area contributed by atoms with Crippen LogP contribution in [0.4, 0.5) is 5.69 Å². The average molecular weight is 353 g/mol. The second-order valence-corrected chi connectivity index (χ2v) is 7.84. The van der Waals surface area contributed by atoms with Crippen LogP contribution in [0.2, 0.25) is 0 Å². The van der Waals surface area contributed by atoms with E-state index in [0.29, 0.717) is 12.3 Å². The Morgan fingerprint density at radius 1 is 0.920 bits per heavy atom. The van der Waals surface area contributed by atoms with E-state index >= 15 is 0 Å². The summed E-state index contributed by atoms with van der Waals surface area (Å²) in [5, 5.41) is 0. The van der Waals surface area contributed by atoms with Gasteiger partial charge in [0, 0.05) is 17.5 Å². The molecule has 0 bridgehead atoms. The summed E-state index contributed by atoms with van der Waals surface area (Å²) in [6.07, 6.45) is 1.17. The van der Waals surface area contributed by atoms with E-state index in [0.717, 1.165) is 22.4 Å². The highest BCUT2D eigenvalue weighted by Crippen LogP contribution is 2.29. The third-order valence-corrected chi connectivity index (χ3v) is 4.98. The van der Waals surface area contributed by atoms with E-state index in [4.69, 9.17) is 10.5 Å². The van der Waals surface area contributed by atoms with E-state index in [1.54, 1.807) is 12.1 Å². The molecule has 0 aromatic heterocycles. The van der Waals surface area contributed by atoms with Gasteiger partial charge in [-0.25, -0.2) is 8.42 Å². The quantitative estimate of drug-likeness (QED) is 0.706. The Kier molecular flexibility index (Phi) is 4.76. The smallest absolute Gasteiger partial charge is 0.175 e. The lowest BCUT2D eigenvalue weighted by Crippen LogP contribution is -1.99. The molecule has 3 aromatic carbocycles. The van der Waals surface area contributed by atoms with Crippen LogP contribution >= 0.6 is 0 Å². The third kappa shape index (κ3) is 4.19. The fourth-order valence-electron chi connectivity index (χ4n) is 2.51. The van der Waals surface area contributed by atoms with Gasteiger partial charge in [0.25, 0.3) is 0 Å². The maximum absolute atomic E-state index is 11.6. The molecule has 2 N–H and O–H groups in total. The molecule has 0 unspecified atom stereocenters. The maximum Gasteiger partial charge on any atom is 0.175 e. The molecule has 128 valence electrons. The van der Waals surface area contributed by atoms with Crippen molar-refractivity contribution in [2.24, 2.45) is 0 Å². The molecule has 0 amide bonds. The van der Waals surface area contributed by atoms with Crippen molar-refractivity contribution in [1.82, 2.24) is 0 Å². The molecule has 0 aliphatic rings. The first-order chi connectivity index (χ1) is 11.9. The Bertz CT molecular complexity index is 966. The van der Waals surface area contributed by atoms with Crippen molar-refractivity contribution in [2.75, 3.05) is 12.0 Å². The number of rotatable bonds is 5. The lowest BCUT2D eigenvalue weighted by Gasteiger charge is -2.10. The summed E-state index contributed by atoms with van der Waals surface area (Å²) in [4.78, 5) is 0.219. The molecular weight excluding hydrogens is 334 g/mol. The lowest BCUT2D eigenvalue weighted by molar-refractivity contribution is 0.306. The van der Waals surface area contributed by atoms with Crippen molar-refractivity contribution < 1.29 is 13.2 Å². The van der Waals surface area contributed by atoms with Gasteiger partial charge in [0.2, 0.25) is 0 Å². The van der Waals surface area contributed by atoms with Gasteiger partial charge in [-0.2, -0.15) is 0 Å². The number of sulfone groups is 1. The van der Waals surface area contributed by atoms with Gasteiger partial charge in [0.1, 0.15) is 12.4 Å². The van der Waals surface area contributed by atoms with Gasteiger partial charge in [0.05, 0.1) is 4.90 Å². The molecule has 3 rings (SSSR count). The first kappa shape index (κ1) is 17.0. The van der Waals surface area contributed by atoms with Crippen LogP contribution in [0.5, 0.6) is 5.75 Å². The third-order valence-electron chi connectivity index (χ3n) is 3.86. The molecule has 0 fully saturated rings. The Balaban J connectivity index is 1.76. The van der Waals surface area contributed by atoms with Crippen LogP contribution < -0.4 is 10.5 Å². The lowest BCUT2D eigenvalue weighted by atomic mass is 10.0. The normalized spacial score (nSPS) is 11.2. The van der Waals surface area contributed by atoms with Crippen LogP contribution in [0.25, 0.3) is 11.1 Å². The number of hydrogen-bond donors (Lipinski definition) is 1. The summed E-state index contributed by atoms with van der Waals surface area (Å²) in [7, 11) is -3.26. The monoisotopic (exact) mass is 353 g/mol. The van der Waals surface area contributed by atoms with Gasteiger partial charge in [-0.05, 0) is 35.4 Å². The van der Waals surface area contributed by atoms with Crippen LogP contribution in [0.15, 0.2) is 77.7 Å². The van der Waals surface area contributed by atoms with Crippen molar-refractivity contribution in [3.8, 4) is 16.9 Å². The molecule has 5 heteroatoms. The van der Waals surface area contributed by atoms with Gasteiger partial charge in [-0.1, -0.05) is 48.5 Å². The van der Waals surface area contributed by atoms with E-state index < -0.39 is 9.84 Å². The summed E-state index contributed by atoms with van der Waals surface area (Å²) in [5.74, 6) is 0.763. The van der Waals surface area contributed by atoms with Crippen LogP contribution in [-0.2, 0) is 16.4 Å². The van der Waals surface area contributed by atoms with E-state index in [1.165, 1.54) is 12.3 Å². The number of hydrogen-bond acceptors (Lipinski definition) is 4. The molecule has 0 heterocycles. The zero-order valence-electron chi connectivity index (χ0n) is 13.8. The Hall–Kier alpha value is -2.79. The topological polar surface area (TPSA) is 69.4 Å². The number of benzene rings is 3. The molecule has 0 atom stereocenters. The van der Waals surface area contributed by atoms with Crippen molar-refractivity contribution in [3.63, 3.8) is 0 Å². The van der Waals surface area contributed by atoms with Gasteiger partial charge in [-0.3, -0.25) is 0 Å². The fraction of sp³-hybridized carbons (Fsp3) is 0.100. The van der Waals surface area contributed by atoms with Gasteiger partial charge >= 0.3 is 0 Å². The highest BCUT2D eigenvalue weighted by Gasteiger charge is 2.10. The molecule has 0 saturated heterocycles. The minimum atomic E-state index is -3.26. The Morgan fingerprint density at radius 2 is 1.60 bits per heavy atom. The van der Waals surface area contributed by atoms with Gasteiger partial charge in [0.15, 0.2) is 9.84 Å². The minimum Gasteiger partial charge on any atom is -0.489 e. The SMILES string of the molecule is CS(=O)(=O)c1ccc(-c2ccc(OCc3ccccc3)cc2)c(N)c1. The standard InChI is InChI=1S/C20H19NO3S/c1-25(22,23)18-11-12-19(20(21)13-18)16-7-9-17(10-8-16)24-14-15-5-3-2-4-6-15/h2-13H,14,21H2,1H3. The molecule has 0 spiro atoms. The first-order valence-electron chi connectivity index (χ1n) is 7.80. The average Bonchev–Trinajstić information content (AvgIpc) is 2.60. The van der Waals surface area contributed by atoms with Crippen molar-refractivity contribution in [1.29, 1.82) is 0 Å². The molecule has 0 saturated carbocycles. The molecule has 0 aliphatic carbocycles. The van der Waals surface area contributed by atoms with E-state index in [9.17, 15) is 8.42 Å². The maximum atomic E-state index is 11.6. The van der Waals surface area contributed by atoms with Crippen LogP contribution in [-0.4, -0.2) is 14.7 Å². The molecule has 25 heavy (non-hydrogen) atoms. The fourth-order valence-corrected chi connectivity index (χ4v) is 3.16. The number of ether oxygens (including phenoxy) is 1. The minimum absolute atomic E-state index is 0.219. The summed E-state index contributed by atoms with van der Waals surface area (Å²) in [6, 6.07) is 22.3. The summed E-state index contributed by atoms with van der Waals surface area (Å²) in [5.41, 5.74) is 9.26. The second kappa shape index (κ2) is 6.99. The highest BCUT2D eigenvalue weighted by molar-refractivity contribution is 7.90. The number of nitrogen functional groups attached to an aromatic ring is 1. The van der Waals surface area contributed by atoms with Crippen molar-refractivity contribution in [3.05, 3.63) is 78.4 Å². The van der Waals surface area contributed by atoms with E-state index in [1.807, 2.05) is 54.6 Å².